The van der Waals surface area contributed by atoms with Crippen molar-refractivity contribution in [2.45, 2.75) is 0 Å². The number of aromatic carboxylic acids is 1. The predicted molar refractivity (Wildman–Crippen MR) is 57.4 cm³/mol. The highest BCUT2D eigenvalue weighted by atomic mass is 16.4. The van der Waals surface area contributed by atoms with Crippen LogP contribution in [0.4, 0.5) is 0 Å². The predicted octanol–water partition coefficient (Wildman–Crippen LogP) is 2.05. The Bertz CT molecular complexity index is 579. The number of rotatable bonds is 2. The Balaban J connectivity index is 2.55. The number of nitrogens with zero attached hydrogens (tertiary/aromatic N) is 2. The van der Waals surface area contributed by atoms with Gasteiger partial charge in [0.1, 0.15) is 5.69 Å². The highest BCUT2D eigenvalue weighted by Gasteiger charge is 2.09. The second kappa shape index (κ2) is 3.91. The van der Waals surface area contributed by atoms with E-state index in [0.29, 0.717) is 11.3 Å². The summed E-state index contributed by atoms with van der Waals surface area (Å²) in [5.74, 6) is -0.993. The molecular formula is C12H8N2O2. The lowest BCUT2D eigenvalue weighted by atomic mass is 10.2. The van der Waals surface area contributed by atoms with Gasteiger partial charge in [-0.1, -0.05) is 6.07 Å². The van der Waals surface area contributed by atoms with Gasteiger partial charge in [0.15, 0.2) is 0 Å². The monoisotopic (exact) mass is 212 g/mol. The van der Waals surface area contributed by atoms with Gasteiger partial charge in [-0.25, -0.2) is 4.79 Å². The van der Waals surface area contributed by atoms with Gasteiger partial charge in [-0.2, -0.15) is 5.26 Å². The number of nitriles is 1. The van der Waals surface area contributed by atoms with E-state index >= 15 is 0 Å². The number of hydrogen-bond acceptors (Lipinski definition) is 2. The minimum atomic E-state index is -0.993. The Morgan fingerprint density at radius 1 is 1.31 bits per heavy atom. The van der Waals surface area contributed by atoms with Gasteiger partial charge in [0.25, 0.3) is 0 Å². The van der Waals surface area contributed by atoms with Gasteiger partial charge in [-0.15, -0.1) is 0 Å². The number of hydrogen-bond donors (Lipinski definition) is 1. The summed E-state index contributed by atoms with van der Waals surface area (Å²) in [6, 6.07) is 12.0. The van der Waals surface area contributed by atoms with Gasteiger partial charge in [-0.3, -0.25) is 0 Å². The maximum absolute atomic E-state index is 10.9. The van der Waals surface area contributed by atoms with E-state index in [2.05, 4.69) is 0 Å². The van der Waals surface area contributed by atoms with Crippen LogP contribution in [0.5, 0.6) is 0 Å². The molecule has 0 atom stereocenters. The number of benzene rings is 1. The van der Waals surface area contributed by atoms with Crippen molar-refractivity contribution in [1.82, 2.24) is 4.57 Å². The molecular weight excluding hydrogens is 204 g/mol. The Labute approximate surface area is 92.0 Å². The van der Waals surface area contributed by atoms with Gasteiger partial charge in [0, 0.05) is 11.9 Å². The summed E-state index contributed by atoms with van der Waals surface area (Å²) >= 11 is 0. The summed E-state index contributed by atoms with van der Waals surface area (Å²) in [6.45, 7) is 0. The number of carboxylic acids is 1. The van der Waals surface area contributed by atoms with Crippen LogP contribution in [0.3, 0.4) is 0 Å². The van der Waals surface area contributed by atoms with Gasteiger partial charge >= 0.3 is 5.97 Å². The standard InChI is InChI=1S/C12H8N2O2/c13-8-9-3-1-4-10(7-9)14-6-2-5-11(14)12(15)16/h1-7H,(H,15,16). The maximum Gasteiger partial charge on any atom is 0.352 e. The maximum atomic E-state index is 10.9. The molecule has 0 spiro atoms. The molecule has 1 aromatic carbocycles. The normalized spacial score (nSPS) is 9.69. The minimum Gasteiger partial charge on any atom is -0.477 e. The van der Waals surface area contributed by atoms with E-state index in [1.54, 1.807) is 36.5 Å². The van der Waals surface area contributed by atoms with Gasteiger partial charge in [0.2, 0.25) is 0 Å². The zero-order valence-electron chi connectivity index (χ0n) is 8.29. The zero-order valence-corrected chi connectivity index (χ0v) is 8.29. The highest BCUT2D eigenvalue weighted by Crippen LogP contribution is 2.14. The molecule has 2 aromatic rings. The molecule has 0 radical (unpaired) electrons. The zero-order chi connectivity index (χ0) is 11.5. The van der Waals surface area contributed by atoms with Crippen molar-refractivity contribution in [3.63, 3.8) is 0 Å². The molecule has 0 unspecified atom stereocenters. The fourth-order valence-corrected chi connectivity index (χ4v) is 1.51. The fourth-order valence-electron chi connectivity index (χ4n) is 1.51. The van der Waals surface area contributed by atoms with Crippen LogP contribution in [-0.4, -0.2) is 15.6 Å². The summed E-state index contributed by atoms with van der Waals surface area (Å²) in [6.07, 6.45) is 1.65. The topological polar surface area (TPSA) is 66.0 Å². The van der Waals surface area contributed by atoms with Gasteiger partial charge < -0.3 is 9.67 Å². The quantitative estimate of drug-likeness (QED) is 0.828. The van der Waals surface area contributed by atoms with Crippen molar-refractivity contribution < 1.29 is 9.90 Å². The van der Waals surface area contributed by atoms with Crippen LogP contribution in [0.15, 0.2) is 42.6 Å². The van der Waals surface area contributed by atoms with Crippen molar-refractivity contribution in [2.24, 2.45) is 0 Å². The summed E-state index contributed by atoms with van der Waals surface area (Å²) in [7, 11) is 0. The van der Waals surface area contributed by atoms with E-state index in [1.165, 1.54) is 10.6 Å². The van der Waals surface area contributed by atoms with Crippen molar-refractivity contribution in [2.75, 3.05) is 0 Å². The van der Waals surface area contributed by atoms with Crippen LogP contribution in [-0.2, 0) is 0 Å². The van der Waals surface area contributed by atoms with E-state index in [1.807, 2.05) is 6.07 Å². The third-order valence-electron chi connectivity index (χ3n) is 2.22. The molecule has 4 nitrogen and oxygen atoms in total. The van der Waals surface area contributed by atoms with Gasteiger partial charge in [-0.05, 0) is 30.3 Å². The molecule has 0 fully saturated rings. The molecule has 1 heterocycles. The minimum absolute atomic E-state index is 0.176. The van der Waals surface area contributed by atoms with Crippen molar-refractivity contribution in [3.8, 4) is 11.8 Å². The van der Waals surface area contributed by atoms with Crippen LogP contribution in [0.1, 0.15) is 16.1 Å². The fraction of sp³-hybridized carbons (Fsp3) is 0. The first-order valence-corrected chi connectivity index (χ1v) is 4.63. The summed E-state index contributed by atoms with van der Waals surface area (Å²) < 4.78 is 1.53. The molecule has 16 heavy (non-hydrogen) atoms. The second-order valence-corrected chi connectivity index (χ2v) is 3.23. The summed E-state index contributed by atoms with van der Waals surface area (Å²) in [4.78, 5) is 10.9. The van der Waals surface area contributed by atoms with Crippen molar-refractivity contribution >= 4 is 5.97 Å². The average Bonchev–Trinajstić information content (AvgIpc) is 2.78. The number of carbonyl (C=O) groups is 1. The summed E-state index contributed by atoms with van der Waals surface area (Å²) in [5.41, 5.74) is 1.35. The Hall–Kier alpha value is -2.54. The first-order valence-electron chi connectivity index (χ1n) is 4.63. The van der Waals surface area contributed by atoms with E-state index < -0.39 is 5.97 Å². The molecule has 0 saturated heterocycles. The SMILES string of the molecule is N#Cc1cccc(-n2cccc2C(=O)O)c1. The molecule has 2 rings (SSSR count). The Morgan fingerprint density at radius 3 is 2.81 bits per heavy atom. The van der Waals surface area contributed by atoms with E-state index in [0.717, 1.165) is 0 Å². The van der Waals surface area contributed by atoms with Crippen LogP contribution in [0, 0.1) is 11.3 Å². The first-order chi connectivity index (χ1) is 7.72. The van der Waals surface area contributed by atoms with Crippen LogP contribution >= 0.6 is 0 Å². The lowest BCUT2D eigenvalue weighted by molar-refractivity contribution is 0.0688. The number of aromatic nitrogens is 1. The molecule has 78 valence electrons. The molecule has 0 aliphatic rings. The third kappa shape index (κ3) is 1.66. The van der Waals surface area contributed by atoms with Gasteiger partial charge in [0.05, 0.1) is 11.6 Å². The van der Waals surface area contributed by atoms with Crippen LogP contribution in [0.25, 0.3) is 5.69 Å². The molecule has 0 aliphatic carbocycles. The van der Waals surface area contributed by atoms with E-state index in [9.17, 15) is 4.79 Å². The molecule has 1 N–H and O–H groups in total. The molecule has 1 aromatic heterocycles. The van der Waals surface area contributed by atoms with Crippen LogP contribution in [0.2, 0.25) is 0 Å². The first kappa shape index (κ1) is 9.99. The Morgan fingerprint density at radius 2 is 2.12 bits per heavy atom. The molecule has 0 bridgehead atoms. The number of carboxylic acid groups (broad SMARTS) is 1. The smallest absolute Gasteiger partial charge is 0.352 e. The van der Waals surface area contributed by atoms with E-state index in [4.69, 9.17) is 10.4 Å². The average molecular weight is 212 g/mol. The largest absolute Gasteiger partial charge is 0.477 e. The molecule has 0 amide bonds. The molecule has 0 saturated carbocycles. The highest BCUT2D eigenvalue weighted by molar-refractivity contribution is 5.86. The lowest BCUT2D eigenvalue weighted by Crippen LogP contribution is -2.05. The van der Waals surface area contributed by atoms with Crippen molar-refractivity contribution in [1.29, 1.82) is 5.26 Å². The lowest BCUT2D eigenvalue weighted by Gasteiger charge is -2.05. The summed E-state index contributed by atoms with van der Waals surface area (Å²) in [5, 5.41) is 17.7. The van der Waals surface area contributed by atoms with E-state index in [-0.39, 0.29) is 5.69 Å². The Kier molecular flexibility index (Phi) is 2.44. The molecule has 0 aliphatic heterocycles. The van der Waals surface area contributed by atoms with Crippen LogP contribution < -0.4 is 0 Å². The second-order valence-electron chi connectivity index (χ2n) is 3.23. The van der Waals surface area contributed by atoms with Crippen molar-refractivity contribution in [3.05, 3.63) is 53.9 Å². The molecule has 4 heteroatoms. The third-order valence-corrected chi connectivity index (χ3v) is 2.22.